The van der Waals surface area contributed by atoms with E-state index in [1.807, 2.05) is 49.5 Å². The van der Waals surface area contributed by atoms with Crippen LogP contribution in [0.25, 0.3) is 5.69 Å². The Morgan fingerprint density at radius 2 is 1.96 bits per heavy atom. The van der Waals surface area contributed by atoms with Gasteiger partial charge >= 0.3 is 0 Å². The third-order valence-electron chi connectivity index (χ3n) is 3.54. The Labute approximate surface area is 154 Å². The predicted octanol–water partition coefficient (Wildman–Crippen LogP) is 4.68. The van der Waals surface area contributed by atoms with E-state index in [1.54, 1.807) is 23.0 Å². The number of hydrogen-bond donors (Lipinski definition) is 1. The van der Waals surface area contributed by atoms with Crippen molar-refractivity contribution in [1.29, 1.82) is 0 Å². The van der Waals surface area contributed by atoms with Crippen LogP contribution < -0.4 is 10.1 Å². The zero-order valence-corrected chi connectivity index (χ0v) is 15.4. The topological polar surface area (TPSA) is 56.1 Å². The van der Waals surface area contributed by atoms with Crippen molar-refractivity contribution >= 4 is 27.5 Å². The van der Waals surface area contributed by atoms with E-state index < -0.39 is 0 Å². The highest BCUT2D eigenvalue weighted by molar-refractivity contribution is 9.10. The molecule has 0 aliphatic rings. The van der Waals surface area contributed by atoms with Gasteiger partial charge in [-0.15, -0.1) is 0 Å². The Hall–Kier alpha value is -2.60. The molecule has 0 spiro atoms. The minimum absolute atomic E-state index is 0.180. The maximum atomic E-state index is 12.5. The van der Waals surface area contributed by atoms with Crippen LogP contribution in [0, 0.1) is 0 Å². The molecule has 0 aliphatic heterocycles. The summed E-state index contributed by atoms with van der Waals surface area (Å²) in [4.78, 5) is 12.5. The molecule has 1 amide bonds. The summed E-state index contributed by atoms with van der Waals surface area (Å²) in [5, 5.41) is 7.13. The van der Waals surface area contributed by atoms with Crippen molar-refractivity contribution in [3.63, 3.8) is 0 Å². The molecule has 1 aromatic heterocycles. The Morgan fingerprint density at radius 1 is 1.20 bits per heavy atom. The second-order valence-corrected chi connectivity index (χ2v) is 6.36. The summed E-state index contributed by atoms with van der Waals surface area (Å²) < 4.78 is 8.31. The van der Waals surface area contributed by atoms with E-state index in [4.69, 9.17) is 4.74 Å². The fraction of sp³-hybridized carbons (Fsp3) is 0.158. The lowest BCUT2D eigenvalue weighted by Crippen LogP contribution is -2.13. The first kappa shape index (κ1) is 17.2. The molecule has 0 saturated heterocycles. The van der Waals surface area contributed by atoms with E-state index >= 15 is 0 Å². The molecule has 0 bridgehead atoms. The minimum Gasteiger partial charge on any atom is -0.491 e. The average molecular weight is 400 g/mol. The van der Waals surface area contributed by atoms with Crippen LogP contribution >= 0.6 is 15.9 Å². The number of halogens is 1. The zero-order chi connectivity index (χ0) is 17.6. The van der Waals surface area contributed by atoms with Crippen LogP contribution in [0.15, 0.2) is 65.4 Å². The second-order valence-electron chi connectivity index (χ2n) is 5.45. The number of rotatable bonds is 6. The Bertz CT molecular complexity index is 859. The van der Waals surface area contributed by atoms with Gasteiger partial charge in [0.2, 0.25) is 0 Å². The van der Waals surface area contributed by atoms with Gasteiger partial charge in [-0.3, -0.25) is 4.79 Å². The number of para-hydroxylation sites is 2. The summed E-state index contributed by atoms with van der Waals surface area (Å²) >= 11 is 3.37. The third kappa shape index (κ3) is 4.28. The minimum atomic E-state index is -0.180. The molecule has 0 atom stereocenters. The average Bonchev–Trinajstić information content (AvgIpc) is 3.07. The summed E-state index contributed by atoms with van der Waals surface area (Å²) in [6, 6.07) is 14.7. The van der Waals surface area contributed by atoms with Crippen molar-refractivity contribution in [3.05, 3.63) is 71.0 Å². The molecule has 2 aromatic carbocycles. The molecule has 3 rings (SSSR count). The highest BCUT2D eigenvalue weighted by atomic mass is 79.9. The molecular weight excluding hydrogens is 382 g/mol. The molecule has 0 fully saturated rings. The van der Waals surface area contributed by atoms with Gasteiger partial charge in [0.1, 0.15) is 5.75 Å². The monoisotopic (exact) mass is 399 g/mol. The number of ether oxygens (including phenoxy) is 1. The maximum Gasteiger partial charge on any atom is 0.255 e. The first-order valence-electron chi connectivity index (χ1n) is 8.01. The van der Waals surface area contributed by atoms with Crippen molar-refractivity contribution in [2.45, 2.75) is 13.3 Å². The molecule has 0 saturated carbocycles. The van der Waals surface area contributed by atoms with Crippen LogP contribution in [-0.4, -0.2) is 22.3 Å². The number of carbonyl (C=O) groups excluding carboxylic acids is 1. The van der Waals surface area contributed by atoms with Crippen molar-refractivity contribution < 1.29 is 9.53 Å². The highest BCUT2D eigenvalue weighted by Gasteiger charge is 2.10. The van der Waals surface area contributed by atoms with E-state index in [0.29, 0.717) is 23.6 Å². The molecule has 0 unspecified atom stereocenters. The van der Waals surface area contributed by atoms with E-state index in [-0.39, 0.29) is 5.91 Å². The number of carbonyl (C=O) groups is 1. The fourth-order valence-corrected chi connectivity index (χ4v) is 2.60. The number of amides is 1. The number of nitrogens with zero attached hydrogens (tertiary/aromatic N) is 2. The molecule has 1 heterocycles. The summed E-state index contributed by atoms with van der Waals surface area (Å²) in [7, 11) is 0. The normalized spacial score (nSPS) is 10.5. The van der Waals surface area contributed by atoms with E-state index in [0.717, 1.165) is 16.6 Å². The highest BCUT2D eigenvalue weighted by Crippen LogP contribution is 2.24. The van der Waals surface area contributed by atoms with Crippen molar-refractivity contribution in [2.75, 3.05) is 11.9 Å². The SMILES string of the molecule is CCCOc1ccccc1NC(=O)c1ccc(-n2cc(Br)cn2)cc1. The number of anilines is 1. The van der Waals surface area contributed by atoms with E-state index in [9.17, 15) is 4.79 Å². The maximum absolute atomic E-state index is 12.5. The lowest BCUT2D eigenvalue weighted by atomic mass is 10.2. The Morgan fingerprint density at radius 3 is 2.64 bits per heavy atom. The van der Waals surface area contributed by atoms with Gasteiger partial charge in [-0.25, -0.2) is 4.68 Å². The van der Waals surface area contributed by atoms with Gasteiger partial charge in [0, 0.05) is 11.8 Å². The smallest absolute Gasteiger partial charge is 0.255 e. The molecule has 0 aliphatic carbocycles. The van der Waals surface area contributed by atoms with Gasteiger partial charge in [0.05, 0.1) is 28.7 Å². The number of benzene rings is 2. The molecule has 5 nitrogen and oxygen atoms in total. The van der Waals surface area contributed by atoms with Crippen LogP contribution in [-0.2, 0) is 0 Å². The lowest BCUT2D eigenvalue weighted by molar-refractivity contribution is 0.102. The van der Waals surface area contributed by atoms with Crippen molar-refractivity contribution in [2.24, 2.45) is 0 Å². The quantitative estimate of drug-likeness (QED) is 0.654. The molecular formula is C19H18BrN3O2. The van der Waals surface area contributed by atoms with Gasteiger partial charge in [-0.05, 0) is 58.7 Å². The van der Waals surface area contributed by atoms with E-state index in [1.165, 1.54) is 0 Å². The fourth-order valence-electron chi connectivity index (χ4n) is 2.31. The number of hydrogen-bond acceptors (Lipinski definition) is 3. The van der Waals surface area contributed by atoms with Crippen molar-refractivity contribution in [1.82, 2.24) is 9.78 Å². The summed E-state index contributed by atoms with van der Waals surface area (Å²) in [6.45, 7) is 2.65. The Kier molecular flexibility index (Phi) is 5.50. The van der Waals surface area contributed by atoms with Crippen LogP contribution in [0.4, 0.5) is 5.69 Å². The zero-order valence-electron chi connectivity index (χ0n) is 13.8. The largest absolute Gasteiger partial charge is 0.491 e. The molecule has 0 radical (unpaired) electrons. The van der Waals surface area contributed by atoms with E-state index in [2.05, 4.69) is 26.3 Å². The predicted molar refractivity (Wildman–Crippen MR) is 101 cm³/mol. The third-order valence-corrected chi connectivity index (χ3v) is 3.95. The standard InChI is InChI=1S/C19H18BrN3O2/c1-2-11-25-18-6-4-3-5-17(18)22-19(24)14-7-9-16(10-8-14)23-13-15(20)12-21-23/h3-10,12-13H,2,11H2,1H3,(H,22,24). The molecule has 3 aromatic rings. The number of nitrogens with one attached hydrogen (secondary N) is 1. The second kappa shape index (κ2) is 7.98. The van der Waals surface area contributed by atoms with Gasteiger partial charge in [0.15, 0.2) is 0 Å². The number of aromatic nitrogens is 2. The summed E-state index contributed by atoms with van der Waals surface area (Å²) in [6.07, 6.45) is 4.48. The van der Waals surface area contributed by atoms with Gasteiger partial charge in [-0.1, -0.05) is 19.1 Å². The summed E-state index contributed by atoms with van der Waals surface area (Å²) in [5.41, 5.74) is 2.12. The van der Waals surface area contributed by atoms with Crippen LogP contribution in [0.5, 0.6) is 5.75 Å². The first-order valence-corrected chi connectivity index (χ1v) is 8.80. The van der Waals surface area contributed by atoms with Crippen molar-refractivity contribution in [3.8, 4) is 11.4 Å². The molecule has 1 N–H and O–H groups in total. The summed E-state index contributed by atoms with van der Waals surface area (Å²) in [5.74, 6) is 0.497. The first-order chi connectivity index (χ1) is 12.2. The van der Waals surface area contributed by atoms with Gasteiger partial charge in [-0.2, -0.15) is 5.10 Å². The van der Waals surface area contributed by atoms with Crippen LogP contribution in [0.2, 0.25) is 0 Å². The lowest BCUT2D eigenvalue weighted by Gasteiger charge is -2.12. The van der Waals surface area contributed by atoms with Crippen LogP contribution in [0.1, 0.15) is 23.7 Å². The van der Waals surface area contributed by atoms with Gasteiger partial charge < -0.3 is 10.1 Å². The molecule has 128 valence electrons. The van der Waals surface area contributed by atoms with Gasteiger partial charge in [0.25, 0.3) is 5.91 Å². The molecule has 6 heteroatoms. The Balaban J connectivity index is 1.73. The molecule has 25 heavy (non-hydrogen) atoms. The van der Waals surface area contributed by atoms with Crippen LogP contribution in [0.3, 0.4) is 0 Å².